The molecule has 17 heavy (non-hydrogen) atoms. The van der Waals surface area contributed by atoms with Gasteiger partial charge in [0.2, 0.25) is 5.91 Å². The van der Waals surface area contributed by atoms with Gasteiger partial charge in [-0.05, 0) is 25.2 Å². The Kier molecular flexibility index (Phi) is 1.63. The van der Waals surface area contributed by atoms with E-state index < -0.39 is 11.4 Å². The normalized spacial score (nSPS) is 50.9. The predicted molar refractivity (Wildman–Crippen MR) is 57.6 cm³/mol. The molecule has 0 spiro atoms. The fourth-order valence-electron chi connectivity index (χ4n) is 4.95. The Morgan fingerprint density at radius 3 is 2.65 bits per heavy atom. The molecule has 0 aromatic heterocycles. The zero-order valence-electron chi connectivity index (χ0n) is 10.1. The molecule has 4 atom stereocenters. The lowest BCUT2D eigenvalue weighted by atomic mass is 9.65. The van der Waals surface area contributed by atoms with Gasteiger partial charge in [-0.15, -0.1) is 0 Å². The van der Waals surface area contributed by atoms with E-state index in [1.807, 2.05) is 6.92 Å². The Labute approximate surface area is 99.3 Å². The number of carbonyl (C=O) groups excluding carboxylic acids is 1. The minimum Gasteiger partial charge on any atom is -0.367 e. The molecule has 2 aliphatic carbocycles. The van der Waals surface area contributed by atoms with E-state index in [2.05, 4.69) is 6.92 Å². The lowest BCUT2D eigenvalue weighted by Gasteiger charge is -2.39. The van der Waals surface area contributed by atoms with Crippen LogP contribution < -0.4 is 5.73 Å². The van der Waals surface area contributed by atoms with Crippen LogP contribution in [0.15, 0.2) is 0 Å². The van der Waals surface area contributed by atoms with Crippen molar-refractivity contribution < 1.29 is 15.0 Å². The van der Waals surface area contributed by atoms with Crippen molar-refractivity contribution in [3.05, 3.63) is 4.91 Å². The summed E-state index contributed by atoms with van der Waals surface area (Å²) >= 11 is 0. The van der Waals surface area contributed by atoms with E-state index in [9.17, 15) is 14.9 Å². The molecule has 0 aromatic rings. The number of primary amides is 1. The molecule has 0 radical (unpaired) electrons. The van der Waals surface area contributed by atoms with Crippen LogP contribution in [0.4, 0.5) is 0 Å². The monoisotopic (exact) mass is 240 g/mol. The Morgan fingerprint density at radius 1 is 1.53 bits per heavy atom. The topological polar surface area (TPSA) is 86.6 Å². The summed E-state index contributed by atoms with van der Waals surface area (Å²) in [5.74, 6) is -0.0583. The van der Waals surface area contributed by atoms with Crippen LogP contribution in [-0.4, -0.2) is 33.2 Å². The Hall–Kier alpha value is -1.33. The molecule has 3 N–H and O–H groups in total. The van der Waals surface area contributed by atoms with Crippen molar-refractivity contribution in [3.63, 3.8) is 0 Å². The van der Waals surface area contributed by atoms with Crippen LogP contribution in [0.25, 0.3) is 0 Å². The van der Waals surface area contributed by atoms with Crippen LogP contribution in [0.5, 0.6) is 0 Å². The lowest BCUT2D eigenvalue weighted by molar-refractivity contribution is -0.910. The molecular formula is C11H18N3O3+. The molecule has 1 aliphatic heterocycles. The Balaban J connectivity index is 2.21. The summed E-state index contributed by atoms with van der Waals surface area (Å²) in [6.07, 6.45) is 2.57. The van der Waals surface area contributed by atoms with E-state index in [0.29, 0.717) is 18.9 Å². The lowest BCUT2D eigenvalue weighted by Crippen LogP contribution is -2.63. The summed E-state index contributed by atoms with van der Waals surface area (Å²) < 4.78 is 0. The summed E-state index contributed by atoms with van der Waals surface area (Å²) in [7, 11) is 0. The van der Waals surface area contributed by atoms with Gasteiger partial charge in [-0.3, -0.25) is 4.79 Å². The van der Waals surface area contributed by atoms with Gasteiger partial charge in [-0.1, -0.05) is 18.9 Å². The Morgan fingerprint density at radius 2 is 2.18 bits per heavy atom. The molecule has 6 nitrogen and oxygen atoms in total. The third-order valence-corrected chi connectivity index (χ3v) is 6.14. The molecule has 1 saturated heterocycles. The number of rotatable bonds is 2. The van der Waals surface area contributed by atoms with Gasteiger partial charge in [0.1, 0.15) is 4.91 Å². The van der Waals surface area contributed by atoms with E-state index in [0.717, 1.165) is 12.8 Å². The average molecular weight is 240 g/mol. The molecule has 3 aliphatic rings. The van der Waals surface area contributed by atoms with Crippen molar-refractivity contribution in [2.45, 2.75) is 38.6 Å². The molecule has 4 unspecified atom stereocenters. The number of hydrazine groups is 1. The number of amides is 1. The highest BCUT2D eigenvalue weighted by atomic mass is 16.7. The molecule has 2 saturated carbocycles. The highest BCUT2D eigenvalue weighted by Crippen LogP contribution is 2.75. The molecule has 6 heteroatoms. The van der Waals surface area contributed by atoms with Crippen molar-refractivity contribution in [2.24, 2.45) is 22.5 Å². The molecule has 3 rings (SSSR count). The summed E-state index contributed by atoms with van der Waals surface area (Å²) in [4.78, 5) is 23.2. The minimum absolute atomic E-state index is 0.104. The average Bonchev–Trinajstić information content (AvgIpc) is 2.68. The van der Waals surface area contributed by atoms with Crippen LogP contribution in [-0.2, 0) is 4.79 Å². The van der Waals surface area contributed by atoms with Gasteiger partial charge in [0, 0.05) is 10.8 Å². The van der Waals surface area contributed by atoms with Gasteiger partial charge in [0.05, 0.1) is 6.54 Å². The van der Waals surface area contributed by atoms with E-state index in [1.54, 1.807) is 0 Å². The van der Waals surface area contributed by atoms with Crippen molar-refractivity contribution in [2.75, 3.05) is 6.54 Å². The fraction of sp³-hybridized carbons (Fsp3) is 0.909. The summed E-state index contributed by atoms with van der Waals surface area (Å²) in [5, 5.41) is 10.3. The molecule has 1 amide bonds. The number of piperidine rings is 1. The smallest absolute Gasteiger partial charge is 0.358 e. The van der Waals surface area contributed by atoms with Gasteiger partial charge in [-0.25, -0.2) is 5.21 Å². The van der Waals surface area contributed by atoms with Crippen molar-refractivity contribution in [3.8, 4) is 0 Å². The first-order valence-electron chi connectivity index (χ1n) is 6.03. The van der Waals surface area contributed by atoms with Crippen molar-refractivity contribution in [1.29, 1.82) is 0 Å². The first-order chi connectivity index (χ1) is 7.79. The van der Waals surface area contributed by atoms with E-state index >= 15 is 0 Å². The maximum Gasteiger partial charge on any atom is 0.358 e. The standard InChI is InChI=1S/C11H17N3O3/c1-9-6-13(14(16)17)11(8(12)15)5-7(9)3-4-10(9,11)2/h7H,3-6H2,1-2H3,(H2-,12,15,16,17)/p+1. The molecule has 3 fully saturated rings. The Bertz CT molecular complexity index is 440. The third kappa shape index (κ3) is 0.788. The summed E-state index contributed by atoms with van der Waals surface area (Å²) in [6, 6.07) is 0. The highest BCUT2D eigenvalue weighted by Gasteiger charge is 2.84. The fourth-order valence-corrected chi connectivity index (χ4v) is 4.95. The second-order valence-electron chi connectivity index (χ2n) is 6.22. The van der Waals surface area contributed by atoms with Crippen LogP contribution in [0, 0.1) is 21.7 Å². The van der Waals surface area contributed by atoms with Gasteiger partial charge in [0.25, 0.3) is 0 Å². The maximum atomic E-state index is 11.9. The van der Waals surface area contributed by atoms with Gasteiger partial charge in [-0.2, -0.15) is 0 Å². The number of nitrogens with two attached hydrogens (primary N) is 1. The number of hydrogen-bond donors (Lipinski definition) is 2. The zero-order valence-corrected chi connectivity index (χ0v) is 10.1. The first kappa shape index (κ1) is 10.8. The second-order valence-corrected chi connectivity index (χ2v) is 6.22. The number of carbonyl (C=O) groups is 1. The molecule has 0 aromatic carbocycles. The summed E-state index contributed by atoms with van der Waals surface area (Å²) in [5.41, 5.74) is 4.17. The summed E-state index contributed by atoms with van der Waals surface area (Å²) in [6.45, 7) is 4.56. The third-order valence-electron chi connectivity index (χ3n) is 6.14. The SMILES string of the molecule is CC12CN([N+](=O)O)C3(C(N)=O)CC1CCC23C. The molecule has 4 bridgehead atoms. The number of nitrogens with zero attached hydrogens (tertiary/aromatic N) is 2. The van der Waals surface area contributed by atoms with Gasteiger partial charge >= 0.3 is 5.03 Å². The van der Waals surface area contributed by atoms with Crippen molar-refractivity contribution >= 4 is 5.91 Å². The first-order valence-corrected chi connectivity index (χ1v) is 6.03. The zero-order chi connectivity index (χ0) is 12.6. The highest BCUT2D eigenvalue weighted by molar-refractivity contribution is 5.87. The maximum absolute atomic E-state index is 11.9. The van der Waals surface area contributed by atoms with Crippen LogP contribution in [0.3, 0.4) is 0 Å². The van der Waals surface area contributed by atoms with E-state index in [4.69, 9.17) is 5.73 Å². The molecule has 1 heterocycles. The van der Waals surface area contributed by atoms with Crippen LogP contribution in [0.1, 0.15) is 33.1 Å². The van der Waals surface area contributed by atoms with Gasteiger partial charge < -0.3 is 5.73 Å². The van der Waals surface area contributed by atoms with E-state index in [-0.39, 0.29) is 15.9 Å². The predicted octanol–water partition coefficient (Wildman–Crippen LogP) is 0.435. The van der Waals surface area contributed by atoms with Crippen molar-refractivity contribution in [1.82, 2.24) is 5.01 Å². The minimum atomic E-state index is -0.999. The van der Waals surface area contributed by atoms with Gasteiger partial charge in [0.15, 0.2) is 5.54 Å². The largest absolute Gasteiger partial charge is 0.367 e. The molecule has 94 valence electrons. The van der Waals surface area contributed by atoms with Crippen LogP contribution >= 0.6 is 0 Å². The number of hydrogen-bond acceptors (Lipinski definition) is 2. The quantitative estimate of drug-likeness (QED) is 0.685. The molecular weight excluding hydrogens is 222 g/mol. The second kappa shape index (κ2) is 2.57. The van der Waals surface area contributed by atoms with Crippen LogP contribution in [0.2, 0.25) is 0 Å². The van der Waals surface area contributed by atoms with E-state index in [1.165, 1.54) is 5.01 Å².